The number of hydrogen-bond donors (Lipinski definition) is 7. The molecule has 0 rings (SSSR count). The fraction of sp³-hybridized carbons (Fsp3) is 0.375. The van der Waals surface area contributed by atoms with Gasteiger partial charge in [-0.2, -0.15) is 11.1 Å². The van der Waals surface area contributed by atoms with E-state index < -0.39 is 17.9 Å². The first kappa shape index (κ1) is 16.6. The minimum absolute atomic E-state index is 0.111. The zero-order valence-electron chi connectivity index (χ0n) is 9.82. The number of hydrazine groups is 3. The van der Waals surface area contributed by atoms with Crippen molar-refractivity contribution in [3.8, 4) is 0 Å². The molecule has 0 aliphatic rings. The molecular formula is C8H17N7O2S. The Morgan fingerprint density at radius 3 is 2.61 bits per heavy atom. The monoisotopic (exact) mass is 275 g/mol. The highest BCUT2D eigenvalue weighted by atomic mass is 32.1. The molecule has 9 nitrogen and oxygen atoms in total. The lowest BCUT2D eigenvalue weighted by molar-refractivity contribution is -0.117. The van der Waals surface area contributed by atoms with Gasteiger partial charge in [0.1, 0.15) is 11.0 Å². The van der Waals surface area contributed by atoms with Crippen molar-refractivity contribution >= 4 is 29.0 Å². The number of hydrogen-bond acceptors (Lipinski definition) is 8. The molecule has 9 N–H and O–H groups in total. The van der Waals surface area contributed by atoms with Crippen molar-refractivity contribution in [2.45, 2.75) is 6.04 Å². The molecule has 0 heterocycles. The highest BCUT2D eigenvalue weighted by Gasteiger charge is 2.16. The lowest BCUT2D eigenvalue weighted by Crippen LogP contribution is -2.49. The van der Waals surface area contributed by atoms with Crippen LogP contribution >= 0.6 is 12.2 Å². The number of carbonyl (C=O) groups excluding carboxylic acids is 2. The standard InChI is InChI=1S/C8H17N7O2S/c1-11-14-15-12-4-2-3-5(16)13-8(18)6(9)7(10)17/h2-3,6,11-12,14-15H,4,9H2,1H3,(H2,10,17)(H,13,16,18)/b3-2+. The van der Waals surface area contributed by atoms with E-state index in [-0.39, 0.29) is 4.99 Å². The summed E-state index contributed by atoms with van der Waals surface area (Å²) < 4.78 is 0. The molecule has 2 amide bonds. The Bertz CT molecular complexity index is 333. The van der Waals surface area contributed by atoms with E-state index in [0.717, 1.165) is 0 Å². The van der Waals surface area contributed by atoms with Crippen LogP contribution in [0.15, 0.2) is 12.2 Å². The predicted octanol–water partition coefficient (Wildman–Crippen LogP) is -3.47. The second-order valence-electron chi connectivity index (χ2n) is 3.02. The minimum atomic E-state index is -1.17. The zero-order valence-corrected chi connectivity index (χ0v) is 10.6. The number of thiocarbonyl (C=S) groups is 1. The predicted molar refractivity (Wildman–Crippen MR) is 70.4 cm³/mol. The van der Waals surface area contributed by atoms with E-state index in [9.17, 15) is 9.59 Å². The van der Waals surface area contributed by atoms with Crippen molar-refractivity contribution in [3.05, 3.63) is 12.2 Å². The average molecular weight is 275 g/mol. The van der Waals surface area contributed by atoms with Gasteiger partial charge in [0.2, 0.25) is 11.8 Å². The molecule has 18 heavy (non-hydrogen) atoms. The first-order chi connectivity index (χ1) is 8.49. The van der Waals surface area contributed by atoms with Gasteiger partial charge in [0, 0.05) is 12.6 Å². The van der Waals surface area contributed by atoms with Gasteiger partial charge in [0.25, 0.3) is 0 Å². The Hall–Kier alpha value is -1.43. The number of nitrogens with two attached hydrogens (primary N) is 2. The summed E-state index contributed by atoms with van der Waals surface area (Å²) >= 11 is 4.73. The Labute approximate surface area is 110 Å². The summed E-state index contributed by atoms with van der Waals surface area (Å²) in [6, 6.07) is -1.17. The van der Waals surface area contributed by atoms with Crippen LogP contribution in [0, 0.1) is 0 Å². The molecule has 10 heteroatoms. The lowest BCUT2D eigenvalue weighted by atomic mass is 10.3. The molecule has 0 fully saturated rings. The van der Waals surface area contributed by atoms with Crippen molar-refractivity contribution in [2.75, 3.05) is 13.6 Å². The topological polar surface area (TPSA) is 146 Å². The van der Waals surface area contributed by atoms with E-state index >= 15 is 0 Å². The normalized spacial score (nSPS) is 12.3. The maximum atomic E-state index is 11.3. The van der Waals surface area contributed by atoms with Crippen LogP contribution in [-0.4, -0.2) is 36.4 Å². The van der Waals surface area contributed by atoms with Crippen molar-refractivity contribution in [3.63, 3.8) is 0 Å². The first-order valence-electron chi connectivity index (χ1n) is 4.95. The van der Waals surface area contributed by atoms with E-state index in [1.54, 1.807) is 7.05 Å². The van der Waals surface area contributed by atoms with E-state index in [0.29, 0.717) is 6.54 Å². The van der Waals surface area contributed by atoms with Crippen LogP contribution in [0.2, 0.25) is 0 Å². The van der Waals surface area contributed by atoms with Crippen molar-refractivity contribution < 1.29 is 9.59 Å². The van der Waals surface area contributed by atoms with Gasteiger partial charge in [-0.15, -0.1) is 0 Å². The third kappa shape index (κ3) is 7.78. The molecule has 102 valence electrons. The van der Waals surface area contributed by atoms with Crippen molar-refractivity contribution in [1.29, 1.82) is 0 Å². The molecule has 0 saturated heterocycles. The summed E-state index contributed by atoms with van der Waals surface area (Å²) in [4.78, 5) is 21.9. The average Bonchev–Trinajstić information content (AvgIpc) is 2.32. The molecule has 0 bridgehead atoms. The summed E-state index contributed by atoms with van der Waals surface area (Å²) in [6.45, 7) is 0.386. The van der Waals surface area contributed by atoms with Gasteiger partial charge in [-0.05, 0) is 7.05 Å². The summed E-state index contributed by atoms with van der Waals surface area (Å²) in [5.74, 6) is -1.28. The van der Waals surface area contributed by atoms with E-state index in [2.05, 4.69) is 27.2 Å². The van der Waals surface area contributed by atoms with Gasteiger partial charge in [0.15, 0.2) is 0 Å². The Morgan fingerprint density at radius 1 is 1.39 bits per heavy atom. The molecule has 0 aromatic rings. The molecular weight excluding hydrogens is 258 g/mol. The van der Waals surface area contributed by atoms with Crippen LogP contribution < -0.4 is 38.7 Å². The maximum Gasteiger partial charge on any atom is 0.248 e. The van der Waals surface area contributed by atoms with E-state index in [4.69, 9.17) is 23.7 Å². The summed E-state index contributed by atoms with van der Waals surface area (Å²) in [5.41, 5.74) is 20.7. The van der Waals surface area contributed by atoms with Gasteiger partial charge in [-0.1, -0.05) is 18.3 Å². The molecule has 0 spiro atoms. The van der Waals surface area contributed by atoms with Gasteiger partial charge in [-0.25, -0.2) is 10.9 Å². The third-order valence-electron chi connectivity index (χ3n) is 1.60. The van der Waals surface area contributed by atoms with Gasteiger partial charge in [-0.3, -0.25) is 9.59 Å². The Morgan fingerprint density at radius 2 is 2.06 bits per heavy atom. The van der Waals surface area contributed by atoms with E-state index in [1.807, 2.05) is 0 Å². The van der Waals surface area contributed by atoms with Crippen molar-refractivity contribution in [2.24, 2.45) is 11.5 Å². The molecule has 0 saturated carbocycles. The van der Waals surface area contributed by atoms with Crippen LogP contribution in [0.4, 0.5) is 0 Å². The summed E-state index contributed by atoms with van der Waals surface area (Å²) in [6.07, 6.45) is 2.78. The molecule has 1 atom stereocenters. The van der Waals surface area contributed by atoms with Crippen LogP contribution in [0.3, 0.4) is 0 Å². The Kier molecular flexibility index (Phi) is 8.82. The first-order valence-corrected chi connectivity index (χ1v) is 5.35. The largest absolute Gasteiger partial charge is 0.368 e. The second kappa shape index (κ2) is 9.58. The molecule has 0 aliphatic heterocycles. The van der Waals surface area contributed by atoms with Gasteiger partial charge in [0.05, 0.1) is 0 Å². The zero-order chi connectivity index (χ0) is 14.0. The number of nitrogens with one attached hydrogen (secondary N) is 5. The molecule has 1 unspecified atom stereocenters. The molecule has 0 aromatic heterocycles. The summed E-state index contributed by atoms with van der Waals surface area (Å²) in [7, 11) is 1.68. The smallest absolute Gasteiger partial charge is 0.248 e. The molecule has 0 radical (unpaired) electrons. The maximum absolute atomic E-state index is 11.3. The highest BCUT2D eigenvalue weighted by molar-refractivity contribution is 7.80. The quantitative estimate of drug-likeness (QED) is 0.105. The van der Waals surface area contributed by atoms with Crippen LogP contribution in [-0.2, 0) is 9.59 Å². The van der Waals surface area contributed by atoms with Crippen LogP contribution in [0.25, 0.3) is 0 Å². The second-order valence-corrected chi connectivity index (χ2v) is 3.46. The third-order valence-corrected chi connectivity index (χ3v) is 1.96. The van der Waals surface area contributed by atoms with Gasteiger partial charge < -0.3 is 16.8 Å². The fourth-order valence-corrected chi connectivity index (χ4v) is 0.969. The Balaban J connectivity index is 3.86. The SMILES string of the molecule is CNNNNC/C=C/C(=O)NC(=S)C(N)C(N)=O. The van der Waals surface area contributed by atoms with Gasteiger partial charge >= 0.3 is 0 Å². The number of carbonyl (C=O) groups is 2. The van der Waals surface area contributed by atoms with Crippen molar-refractivity contribution in [1.82, 2.24) is 27.2 Å². The number of amides is 2. The van der Waals surface area contributed by atoms with Crippen LogP contribution in [0.5, 0.6) is 0 Å². The van der Waals surface area contributed by atoms with Crippen LogP contribution in [0.1, 0.15) is 0 Å². The summed E-state index contributed by atoms with van der Waals surface area (Å²) in [5, 5.41) is 2.27. The number of rotatable bonds is 8. The number of primary amides is 1. The fourth-order valence-electron chi connectivity index (χ4n) is 0.753. The minimum Gasteiger partial charge on any atom is -0.368 e. The van der Waals surface area contributed by atoms with E-state index in [1.165, 1.54) is 12.2 Å². The molecule has 0 aromatic carbocycles. The molecule has 0 aliphatic carbocycles. The highest BCUT2D eigenvalue weighted by Crippen LogP contribution is 1.82. The lowest BCUT2D eigenvalue weighted by Gasteiger charge is -2.09.